The van der Waals surface area contributed by atoms with Gasteiger partial charge in [0.15, 0.2) is 0 Å². The van der Waals surface area contributed by atoms with Crippen molar-refractivity contribution in [3.05, 3.63) is 53.7 Å². The van der Waals surface area contributed by atoms with Gasteiger partial charge >= 0.3 is 0 Å². The number of rotatable bonds is 4. The Kier molecular flexibility index (Phi) is 3.82. The van der Waals surface area contributed by atoms with Crippen molar-refractivity contribution in [2.75, 3.05) is 4.72 Å². The summed E-state index contributed by atoms with van der Waals surface area (Å²) in [6.07, 6.45) is 1.60. The van der Waals surface area contributed by atoms with E-state index in [1.54, 1.807) is 36.5 Å². The number of hydrogen-bond acceptors (Lipinski definition) is 4. The van der Waals surface area contributed by atoms with E-state index in [0.717, 1.165) is 5.56 Å². The number of hydrogen-bond donors (Lipinski definition) is 2. The fourth-order valence-corrected chi connectivity index (χ4v) is 2.92. The van der Waals surface area contributed by atoms with Crippen LogP contribution in [0, 0.1) is 6.92 Å². The van der Waals surface area contributed by atoms with Crippen LogP contribution in [0.25, 0.3) is 0 Å². The van der Waals surface area contributed by atoms with Gasteiger partial charge in [0.05, 0.1) is 4.90 Å². The highest BCUT2D eigenvalue weighted by molar-refractivity contribution is 7.92. The average Bonchev–Trinajstić information content (AvgIpc) is 2.41. The smallest absolute Gasteiger partial charge is 0.263 e. The van der Waals surface area contributed by atoms with Crippen LogP contribution in [-0.2, 0) is 16.6 Å². The molecule has 0 atom stereocenters. The molecule has 0 amide bonds. The summed E-state index contributed by atoms with van der Waals surface area (Å²) in [5, 5.41) is 0. The Morgan fingerprint density at radius 2 is 1.95 bits per heavy atom. The third-order valence-corrected chi connectivity index (χ3v) is 4.09. The van der Waals surface area contributed by atoms with Crippen LogP contribution in [0.3, 0.4) is 0 Å². The number of pyridine rings is 1. The van der Waals surface area contributed by atoms with Crippen LogP contribution < -0.4 is 10.5 Å². The highest BCUT2D eigenvalue weighted by atomic mass is 32.2. The van der Waals surface area contributed by atoms with E-state index in [9.17, 15) is 8.42 Å². The normalized spacial score (nSPS) is 11.3. The highest BCUT2D eigenvalue weighted by Crippen LogP contribution is 2.18. The molecule has 0 bridgehead atoms. The van der Waals surface area contributed by atoms with E-state index in [-0.39, 0.29) is 17.3 Å². The van der Waals surface area contributed by atoms with Gasteiger partial charge in [0.2, 0.25) is 0 Å². The third kappa shape index (κ3) is 3.10. The van der Waals surface area contributed by atoms with E-state index in [4.69, 9.17) is 5.73 Å². The first kappa shape index (κ1) is 13.5. The maximum atomic E-state index is 12.3. The molecule has 3 N–H and O–H groups in total. The van der Waals surface area contributed by atoms with Gasteiger partial charge in [-0.1, -0.05) is 24.3 Å². The first-order valence-corrected chi connectivity index (χ1v) is 7.25. The Hall–Kier alpha value is -1.92. The molecular weight excluding hydrogens is 262 g/mol. The van der Waals surface area contributed by atoms with Gasteiger partial charge in [-0.15, -0.1) is 0 Å². The summed E-state index contributed by atoms with van der Waals surface area (Å²) < 4.78 is 27.0. The Morgan fingerprint density at radius 3 is 2.58 bits per heavy atom. The number of nitrogens with zero attached hydrogens (tertiary/aromatic N) is 1. The summed E-state index contributed by atoms with van der Waals surface area (Å²) in [5.74, 6) is 0.289. The molecule has 2 rings (SSSR count). The van der Waals surface area contributed by atoms with E-state index in [0.29, 0.717) is 5.56 Å². The number of aromatic nitrogens is 1. The Balaban J connectivity index is 2.35. The van der Waals surface area contributed by atoms with E-state index in [1.165, 1.54) is 6.07 Å². The molecule has 5 nitrogen and oxygen atoms in total. The Morgan fingerprint density at radius 1 is 1.21 bits per heavy atom. The number of nitrogens with one attached hydrogen (secondary N) is 1. The predicted molar refractivity (Wildman–Crippen MR) is 74.1 cm³/mol. The molecule has 0 aliphatic carbocycles. The van der Waals surface area contributed by atoms with E-state index in [2.05, 4.69) is 9.71 Å². The van der Waals surface area contributed by atoms with Crippen LogP contribution in [0.15, 0.2) is 47.5 Å². The number of sulfonamides is 1. The molecule has 6 heteroatoms. The first-order valence-electron chi connectivity index (χ1n) is 5.76. The lowest BCUT2D eigenvalue weighted by Crippen LogP contribution is -2.16. The number of aryl methyl sites for hydroxylation is 1. The summed E-state index contributed by atoms with van der Waals surface area (Å²) >= 11 is 0. The monoisotopic (exact) mass is 277 g/mol. The highest BCUT2D eigenvalue weighted by Gasteiger charge is 2.17. The molecule has 19 heavy (non-hydrogen) atoms. The second-order valence-electron chi connectivity index (χ2n) is 4.14. The van der Waals surface area contributed by atoms with Gasteiger partial charge in [0, 0.05) is 12.7 Å². The van der Waals surface area contributed by atoms with Gasteiger partial charge in [-0.25, -0.2) is 13.4 Å². The molecule has 0 radical (unpaired) electrons. The van der Waals surface area contributed by atoms with Crippen molar-refractivity contribution < 1.29 is 8.42 Å². The molecule has 1 aromatic heterocycles. The van der Waals surface area contributed by atoms with E-state index < -0.39 is 10.0 Å². The molecule has 1 heterocycles. The van der Waals surface area contributed by atoms with Gasteiger partial charge in [0.25, 0.3) is 10.0 Å². The van der Waals surface area contributed by atoms with Crippen molar-refractivity contribution in [3.63, 3.8) is 0 Å². The summed E-state index contributed by atoms with van der Waals surface area (Å²) in [5.41, 5.74) is 7.09. The van der Waals surface area contributed by atoms with Gasteiger partial charge in [-0.2, -0.15) is 0 Å². The molecule has 100 valence electrons. The minimum Gasteiger partial charge on any atom is -0.326 e. The van der Waals surface area contributed by atoms with Crippen molar-refractivity contribution in [1.29, 1.82) is 0 Å². The SMILES string of the molecule is Cc1ccc(NS(=O)(=O)c2ccccc2CN)nc1. The maximum absolute atomic E-state index is 12.3. The number of benzene rings is 1. The van der Waals surface area contributed by atoms with Crippen LogP contribution in [0.1, 0.15) is 11.1 Å². The lowest BCUT2D eigenvalue weighted by molar-refractivity contribution is 0.600. The zero-order chi connectivity index (χ0) is 13.9. The second-order valence-corrected chi connectivity index (χ2v) is 5.79. The minimum atomic E-state index is -3.66. The lowest BCUT2D eigenvalue weighted by atomic mass is 10.2. The zero-order valence-corrected chi connectivity index (χ0v) is 11.3. The maximum Gasteiger partial charge on any atom is 0.263 e. The molecule has 0 fully saturated rings. The predicted octanol–water partition coefficient (Wildman–Crippen LogP) is 1.65. The molecular formula is C13H15N3O2S. The van der Waals surface area contributed by atoms with Gasteiger partial charge in [0.1, 0.15) is 5.82 Å². The van der Waals surface area contributed by atoms with Crippen LogP contribution >= 0.6 is 0 Å². The molecule has 0 saturated carbocycles. The summed E-state index contributed by atoms with van der Waals surface area (Å²) in [6.45, 7) is 2.05. The molecule has 0 saturated heterocycles. The molecule has 1 aromatic carbocycles. The number of anilines is 1. The molecule has 0 unspecified atom stereocenters. The Bertz CT molecular complexity index is 667. The summed E-state index contributed by atoms with van der Waals surface area (Å²) in [7, 11) is -3.66. The van der Waals surface area contributed by atoms with Crippen molar-refractivity contribution in [2.45, 2.75) is 18.4 Å². The molecule has 0 spiro atoms. The van der Waals surface area contributed by atoms with Gasteiger partial charge in [-0.05, 0) is 30.2 Å². The lowest BCUT2D eigenvalue weighted by Gasteiger charge is -2.10. The zero-order valence-electron chi connectivity index (χ0n) is 10.5. The van der Waals surface area contributed by atoms with Crippen molar-refractivity contribution >= 4 is 15.8 Å². The summed E-state index contributed by atoms with van der Waals surface area (Å²) in [6, 6.07) is 10.1. The van der Waals surface area contributed by atoms with Gasteiger partial charge < -0.3 is 5.73 Å². The van der Waals surface area contributed by atoms with E-state index in [1.807, 2.05) is 6.92 Å². The molecule has 2 aromatic rings. The fraction of sp³-hybridized carbons (Fsp3) is 0.154. The first-order chi connectivity index (χ1) is 9.03. The fourth-order valence-electron chi connectivity index (χ4n) is 1.66. The quantitative estimate of drug-likeness (QED) is 0.889. The van der Waals surface area contributed by atoms with Crippen molar-refractivity contribution in [3.8, 4) is 0 Å². The summed E-state index contributed by atoms with van der Waals surface area (Å²) in [4.78, 5) is 4.20. The molecule has 0 aliphatic heterocycles. The molecule has 0 aliphatic rings. The van der Waals surface area contributed by atoms with Gasteiger partial charge in [-0.3, -0.25) is 4.72 Å². The standard InChI is InChI=1S/C13H15N3O2S/c1-10-6-7-13(15-9-10)16-19(17,18)12-5-3-2-4-11(12)8-14/h2-7,9H,8,14H2,1H3,(H,15,16). The minimum absolute atomic E-state index is 0.165. The Labute approximate surface area is 112 Å². The van der Waals surface area contributed by atoms with Crippen LogP contribution in [0.2, 0.25) is 0 Å². The largest absolute Gasteiger partial charge is 0.326 e. The van der Waals surface area contributed by atoms with Crippen molar-refractivity contribution in [2.24, 2.45) is 5.73 Å². The third-order valence-electron chi connectivity index (χ3n) is 2.63. The van der Waals surface area contributed by atoms with Crippen molar-refractivity contribution in [1.82, 2.24) is 4.98 Å². The second kappa shape index (κ2) is 5.38. The van der Waals surface area contributed by atoms with Crippen LogP contribution in [0.4, 0.5) is 5.82 Å². The van der Waals surface area contributed by atoms with Crippen LogP contribution in [-0.4, -0.2) is 13.4 Å². The topological polar surface area (TPSA) is 85.1 Å². The van der Waals surface area contributed by atoms with E-state index >= 15 is 0 Å². The van der Waals surface area contributed by atoms with Crippen LogP contribution in [0.5, 0.6) is 0 Å². The number of nitrogens with two attached hydrogens (primary N) is 1. The average molecular weight is 277 g/mol.